The molecule has 2 aromatic heterocycles. The molecule has 0 amide bonds. The van der Waals surface area contributed by atoms with Gasteiger partial charge in [0.25, 0.3) is 0 Å². The van der Waals surface area contributed by atoms with Gasteiger partial charge in [0, 0.05) is 18.3 Å². The molecule has 2 aromatic rings. The van der Waals surface area contributed by atoms with Crippen LogP contribution < -0.4 is 5.32 Å². The first-order valence-corrected chi connectivity index (χ1v) is 5.90. The topological polar surface area (TPSA) is 42.2 Å². The van der Waals surface area contributed by atoms with Crippen LogP contribution in [0.5, 0.6) is 0 Å². The van der Waals surface area contributed by atoms with E-state index in [9.17, 15) is 0 Å². The molecule has 0 bridgehead atoms. The van der Waals surface area contributed by atoms with Crippen LogP contribution in [0.1, 0.15) is 33.1 Å². The Hall–Kier alpha value is -1.58. The maximum Gasteiger partial charge on any atom is 0.157 e. The van der Waals surface area contributed by atoms with Gasteiger partial charge in [-0.1, -0.05) is 20.3 Å². The standard InChI is InChI=1S/C12H18N4/c1-3-5-10(4-2)14-11-7-9-16-12(15-11)6-8-13-16/h6-10H,3-5H2,1-2H3,(H,14,15). The fraction of sp³-hybridized carbons (Fsp3) is 0.500. The number of anilines is 1. The number of nitrogens with one attached hydrogen (secondary N) is 1. The molecule has 1 N–H and O–H groups in total. The van der Waals surface area contributed by atoms with Crippen molar-refractivity contribution >= 4 is 11.5 Å². The fourth-order valence-electron chi connectivity index (χ4n) is 1.83. The molecule has 0 saturated heterocycles. The number of rotatable bonds is 5. The fourth-order valence-corrected chi connectivity index (χ4v) is 1.83. The van der Waals surface area contributed by atoms with E-state index < -0.39 is 0 Å². The van der Waals surface area contributed by atoms with E-state index in [1.807, 2.05) is 18.3 Å². The second-order valence-electron chi connectivity index (χ2n) is 3.98. The third-order valence-corrected chi connectivity index (χ3v) is 2.74. The quantitative estimate of drug-likeness (QED) is 0.839. The van der Waals surface area contributed by atoms with Crippen molar-refractivity contribution in [2.24, 2.45) is 0 Å². The average Bonchev–Trinajstić information content (AvgIpc) is 2.75. The Bertz CT molecular complexity index is 449. The van der Waals surface area contributed by atoms with Gasteiger partial charge in [-0.3, -0.25) is 0 Å². The maximum absolute atomic E-state index is 4.49. The molecule has 16 heavy (non-hydrogen) atoms. The Labute approximate surface area is 95.7 Å². The lowest BCUT2D eigenvalue weighted by molar-refractivity contribution is 0.620. The molecule has 86 valence electrons. The lowest BCUT2D eigenvalue weighted by Gasteiger charge is -2.16. The van der Waals surface area contributed by atoms with Gasteiger partial charge in [-0.05, 0) is 18.9 Å². The maximum atomic E-state index is 4.49. The van der Waals surface area contributed by atoms with Crippen LogP contribution in [0.25, 0.3) is 5.65 Å². The van der Waals surface area contributed by atoms with Crippen LogP contribution in [0.15, 0.2) is 24.5 Å². The molecule has 2 heterocycles. The lowest BCUT2D eigenvalue weighted by atomic mass is 10.1. The highest BCUT2D eigenvalue weighted by molar-refractivity contribution is 5.45. The Morgan fingerprint density at radius 1 is 1.38 bits per heavy atom. The molecule has 0 aliphatic rings. The minimum Gasteiger partial charge on any atom is -0.367 e. The van der Waals surface area contributed by atoms with Crippen LogP contribution >= 0.6 is 0 Å². The molecule has 0 spiro atoms. The molecule has 0 fully saturated rings. The second kappa shape index (κ2) is 4.96. The van der Waals surface area contributed by atoms with E-state index >= 15 is 0 Å². The minimum atomic E-state index is 0.517. The smallest absolute Gasteiger partial charge is 0.157 e. The molecular formula is C12H18N4. The van der Waals surface area contributed by atoms with E-state index in [4.69, 9.17) is 0 Å². The van der Waals surface area contributed by atoms with Crippen molar-refractivity contribution < 1.29 is 0 Å². The summed E-state index contributed by atoms with van der Waals surface area (Å²) in [6.45, 7) is 4.41. The van der Waals surface area contributed by atoms with Gasteiger partial charge >= 0.3 is 0 Å². The molecule has 1 unspecified atom stereocenters. The van der Waals surface area contributed by atoms with Crippen molar-refractivity contribution in [2.75, 3.05) is 5.32 Å². The van der Waals surface area contributed by atoms with Crippen LogP contribution in [-0.4, -0.2) is 20.6 Å². The summed E-state index contributed by atoms with van der Waals surface area (Å²) in [6, 6.07) is 4.40. The number of hydrogen-bond donors (Lipinski definition) is 1. The molecule has 4 nitrogen and oxygen atoms in total. The Morgan fingerprint density at radius 2 is 2.25 bits per heavy atom. The highest BCUT2D eigenvalue weighted by atomic mass is 15.2. The molecule has 0 saturated carbocycles. The van der Waals surface area contributed by atoms with E-state index in [1.165, 1.54) is 12.8 Å². The van der Waals surface area contributed by atoms with Gasteiger partial charge in [-0.15, -0.1) is 0 Å². The first-order chi connectivity index (χ1) is 7.83. The molecule has 2 rings (SSSR count). The summed E-state index contributed by atoms with van der Waals surface area (Å²) in [5.74, 6) is 0.938. The predicted molar refractivity (Wildman–Crippen MR) is 65.6 cm³/mol. The zero-order chi connectivity index (χ0) is 11.4. The molecule has 0 aliphatic carbocycles. The van der Waals surface area contributed by atoms with Crippen molar-refractivity contribution in [1.29, 1.82) is 0 Å². The summed E-state index contributed by atoms with van der Waals surface area (Å²) >= 11 is 0. The van der Waals surface area contributed by atoms with Crippen molar-refractivity contribution in [2.45, 2.75) is 39.2 Å². The lowest BCUT2D eigenvalue weighted by Crippen LogP contribution is -2.18. The van der Waals surface area contributed by atoms with Gasteiger partial charge in [0.05, 0.1) is 6.20 Å². The van der Waals surface area contributed by atoms with Crippen LogP contribution in [0.4, 0.5) is 5.82 Å². The van der Waals surface area contributed by atoms with Crippen molar-refractivity contribution in [3.8, 4) is 0 Å². The highest BCUT2D eigenvalue weighted by Gasteiger charge is 2.06. The zero-order valence-corrected chi connectivity index (χ0v) is 9.85. The van der Waals surface area contributed by atoms with Crippen molar-refractivity contribution in [3.05, 3.63) is 24.5 Å². The normalized spacial score (nSPS) is 12.9. The monoisotopic (exact) mass is 218 g/mol. The number of nitrogens with zero attached hydrogens (tertiary/aromatic N) is 3. The van der Waals surface area contributed by atoms with E-state index in [0.717, 1.165) is 17.9 Å². The van der Waals surface area contributed by atoms with E-state index in [0.29, 0.717) is 6.04 Å². The summed E-state index contributed by atoms with van der Waals surface area (Å²) in [5.41, 5.74) is 0.886. The van der Waals surface area contributed by atoms with Crippen LogP contribution in [0.2, 0.25) is 0 Å². The summed E-state index contributed by atoms with van der Waals surface area (Å²) in [5, 5.41) is 7.58. The van der Waals surface area contributed by atoms with Crippen molar-refractivity contribution in [3.63, 3.8) is 0 Å². The number of aromatic nitrogens is 3. The minimum absolute atomic E-state index is 0.517. The summed E-state index contributed by atoms with van der Waals surface area (Å²) in [7, 11) is 0. The first kappa shape index (κ1) is 10.9. The number of fused-ring (bicyclic) bond motifs is 1. The van der Waals surface area contributed by atoms with E-state index in [1.54, 1.807) is 10.7 Å². The van der Waals surface area contributed by atoms with Gasteiger partial charge in [0.1, 0.15) is 5.82 Å². The van der Waals surface area contributed by atoms with Crippen molar-refractivity contribution in [1.82, 2.24) is 14.6 Å². The highest BCUT2D eigenvalue weighted by Crippen LogP contribution is 2.11. The van der Waals surface area contributed by atoms with Gasteiger partial charge in [-0.2, -0.15) is 5.10 Å². The molecule has 0 aromatic carbocycles. The molecular weight excluding hydrogens is 200 g/mol. The van der Waals surface area contributed by atoms with Gasteiger partial charge in [0.15, 0.2) is 5.65 Å². The summed E-state index contributed by atoms with van der Waals surface area (Å²) in [4.78, 5) is 4.49. The first-order valence-electron chi connectivity index (χ1n) is 5.90. The number of hydrogen-bond acceptors (Lipinski definition) is 3. The van der Waals surface area contributed by atoms with Gasteiger partial charge in [0.2, 0.25) is 0 Å². The van der Waals surface area contributed by atoms with Crippen LogP contribution in [0, 0.1) is 0 Å². The summed E-state index contributed by atoms with van der Waals surface area (Å²) in [6.07, 6.45) is 7.20. The second-order valence-corrected chi connectivity index (χ2v) is 3.98. The van der Waals surface area contributed by atoms with E-state index in [-0.39, 0.29) is 0 Å². The Kier molecular flexibility index (Phi) is 3.39. The van der Waals surface area contributed by atoms with Crippen LogP contribution in [-0.2, 0) is 0 Å². The SMILES string of the molecule is CCCC(CC)Nc1ccn2nccc2n1. The average molecular weight is 218 g/mol. The molecule has 4 heteroatoms. The van der Waals surface area contributed by atoms with Crippen LogP contribution in [0.3, 0.4) is 0 Å². The third kappa shape index (κ3) is 2.32. The predicted octanol–water partition coefficient (Wildman–Crippen LogP) is 2.72. The summed E-state index contributed by atoms with van der Waals surface area (Å²) < 4.78 is 1.77. The molecule has 1 atom stereocenters. The van der Waals surface area contributed by atoms with Gasteiger partial charge < -0.3 is 5.32 Å². The van der Waals surface area contributed by atoms with Gasteiger partial charge in [-0.25, -0.2) is 9.50 Å². The molecule has 0 radical (unpaired) electrons. The Balaban J connectivity index is 2.13. The van der Waals surface area contributed by atoms with E-state index in [2.05, 4.69) is 29.2 Å². The largest absolute Gasteiger partial charge is 0.367 e. The third-order valence-electron chi connectivity index (χ3n) is 2.74. The zero-order valence-electron chi connectivity index (χ0n) is 9.85. The Morgan fingerprint density at radius 3 is 3.00 bits per heavy atom. The molecule has 0 aliphatic heterocycles.